The second-order valence-electron chi connectivity index (χ2n) is 7.03. The molecule has 0 N–H and O–H groups in total. The summed E-state index contributed by atoms with van der Waals surface area (Å²) in [5.41, 5.74) is 0.990. The number of morpholine rings is 1. The number of amides is 3. The van der Waals surface area contributed by atoms with Crippen LogP contribution in [-0.4, -0.2) is 61.0 Å². The van der Waals surface area contributed by atoms with E-state index in [0.717, 1.165) is 41.5 Å². The third-order valence-electron chi connectivity index (χ3n) is 4.88. The van der Waals surface area contributed by atoms with Gasteiger partial charge in [-0.3, -0.25) is 4.79 Å². The summed E-state index contributed by atoms with van der Waals surface area (Å²) in [6.07, 6.45) is -3.16. The number of pyridine rings is 1. The first-order chi connectivity index (χ1) is 14.8. The van der Waals surface area contributed by atoms with E-state index in [1.54, 1.807) is 12.3 Å². The zero-order valence-corrected chi connectivity index (χ0v) is 16.3. The average molecular weight is 436 g/mol. The SMILES string of the molecule is O=C1CN(Cc2ccnc(N3CCOCC3)c2)C(=O)N1c1ccc(OC(F)(F)F)cc1. The number of aromatic nitrogens is 1. The maximum Gasteiger partial charge on any atom is 0.573 e. The predicted octanol–water partition coefficient (Wildman–Crippen LogP) is 2.79. The first-order valence-corrected chi connectivity index (χ1v) is 9.55. The largest absolute Gasteiger partial charge is 0.573 e. The number of alkyl halides is 3. The van der Waals surface area contributed by atoms with Crippen LogP contribution in [0.15, 0.2) is 42.6 Å². The predicted molar refractivity (Wildman–Crippen MR) is 104 cm³/mol. The first kappa shape index (κ1) is 20.9. The fraction of sp³-hybridized carbons (Fsp3) is 0.350. The average Bonchev–Trinajstić information content (AvgIpc) is 3.01. The van der Waals surface area contributed by atoms with Crippen molar-refractivity contribution in [2.45, 2.75) is 12.9 Å². The molecule has 2 saturated heterocycles. The third-order valence-corrected chi connectivity index (χ3v) is 4.88. The van der Waals surface area contributed by atoms with E-state index in [4.69, 9.17) is 4.74 Å². The van der Waals surface area contributed by atoms with E-state index < -0.39 is 24.1 Å². The topological polar surface area (TPSA) is 75.2 Å². The van der Waals surface area contributed by atoms with Gasteiger partial charge in [0.15, 0.2) is 0 Å². The van der Waals surface area contributed by atoms with Gasteiger partial charge in [0.1, 0.15) is 18.1 Å². The molecule has 2 aliphatic heterocycles. The van der Waals surface area contributed by atoms with Gasteiger partial charge in [-0.25, -0.2) is 14.7 Å². The Morgan fingerprint density at radius 3 is 2.45 bits per heavy atom. The Kier molecular flexibility index (Phi) is 5.68. The number of urea groups is 1. The van der Waals surface area contributed by atoms with Crippen LogP contribution >= 0.6 is 0 Å². The molecule has 0 spiro atoms. The maximum absolute atomic E-state index is 12.8. The highest BCUT2D eigenvalue weighted by Gasteiger charge is 2.37. The number of ether oxygens (including phenoxy) is 2. The molecule has 164 valence electrons. The highest BCUT2D eigenvalue weighted by molar-refractivity contribution is 6.19. The van der Waals surface area contributed by atoms with Crippen molar-refractivity contribution in [3.05, 3.63) is 48.2 Å². The normalized spacial score (nSPS) is 17.5. The van der Waals surface area contributed by atoms with Crippen LogP contribution in [0.4, 0.5) is 29.5 Å². The summed E-state index contributed by atoms with van der Waals surface area (Å²) in [5.74, 6) is -0.118. The number of carbonyl (C=O) groups excluding carboxylic acids is 2. The Balaban J connectivity index is 1.45. The monoisotopic (exact) mass is 436 g/mol. The van der Waals surface area contributed by atoms with Crippen molar-refractivity contribution in [3.63, 3.8) is 0 Å². The molecule has 2 fully saturated rings. The van der Waals surface area contributed by atoms with Crippen molar-refractivity contribution in [3.8, 4) is 5.75 Å². The lowest BCUT2D eigenvalue weighted by atomic mass is 10.2. The van der Waals surface area contributed by atoms with Crippen molar-refractivity contribution in [2.24, 2.45) is 0 Å². The van der Waals surface area contributed by atoms with Gasteiger partial charge in [-0.2, -0.15) is 0 Å². The van der Waals surface area contributed by atoms with Crippen LogP contribution in [0.2, 0.25) is 0 Å². The summed E-state index contributed by atoms with van der Waals surface area (Å²) in [6, 6.07) is 7.70. The molecule has 1 aromatic carbocycles. The number of rotatable bonds is 5. The van der Waals surface area contributed by atoms with E-state index in [1.807, 2.05) is 6.07 Å². The van der Waals surface area contributed by atoms with Crippen molar-refractivity contribution in [2.75, 3.05) is 42.6 Å². The number of hydrogen-bond donors (Lipinski definition) is 0. The van der Waals surface area contributed by atoms with Gasteiger partial charge in [-0.1, -0.05) is 0 Å². The highest BCUT2D eigenvalue weighted by Crippen LogP contribution is 2.28. The van der Waals surface area contributed by atoms with Gasteiger partial charge in [0, 0.05) is 25.8 Å². The molecule has 0 bridgehead atoms. The molecule has 0 unspecified atom stereocenters. The molecule has 4 rings (SSSR count). The maximum atomic E-state index is 12.8. The molecule has 0 saturated carbocycles. The number of hydrogen-bond acceptors (Lipinski definition) is 6. The zero-order valence-electron chi connectivity index (χ0n) is 16.3. The molecule has 31 heavy (non-hydrogen) atoms. The minimum absolute atomic E-state index is 0.130. The molecule has 1 aromatic heterocycles. The quantitative estimate of drug-likeness (QED) is 0.671. The van der Waals surface area contributed by atoms with Crippen LogP contribution in [0.25, 0.3) is 0 Å². The third kappa shape index (κ3) is 4.88. The van der Waals surface area contributed by atoms with Gasteiger partial charge in [0.25, 0.3) is 5.91 Å². The van der Waals surface area contributed by atoms with Crippen molar-refractivity contribution in [1.29, 1.82) is 0 Å². The lowest BCUT2D eigenvalue weighted by molar-refractivity contribution is -0.274. The van der Waals surface area contributed by atoms with Crippen molar-refractivity contribution in [1.82, 2.24) is 9.88 Å². The fourth-order valence-corrected chi connectivity index (χ4v) is 3.47. The number of imide groups is 1. The van der Waals surface area contributed by atoms with E-state index in [0.29, 0.717) is 13.2 Å². The fourth-order valence-electron chi connectivity index (χ4n) is 3.47. The van der Waals surface area contributed by atoms with Gasteiger partial charge >= 0.3 is 12.4 Å². The van der Waals surface area contributed by atoms with E-state index >= 15 is 0 Å². The van der Waals surface area contributed by atoms with E-state index in [2.05, 4.69) is 14.6 Å². The molecule has 3 heterocycles. The standard InChI is InChI=1S/C20H19F3N4O4/c21-20(22,23)31-16-3-1-15(2-4-16)27-18(28)13-26(19(27)29)12-14-5-6-24-17(11-14)25-7-9-30-10-8-25/h1-6,11H,7-10,12-13H2. The van der Waals surface area contributed by atoms with E-state index in [1.165, 1.54) is 17.0 Å². The number of carbonyl (C=O) groups is 2. The van der Waals surface area contributed by atoms with E-state index in [-0.39, 0.29) is 18.8 Å². The van der Waals surface area contributed by atoms with E-state index in [9.17, 15) is 22.8 Å². The molecule has 8 nitrogen and oxygen atoms in total. The Labute approximate surface area is 175 Å². The molecule has 11 heteroatoms. The van der Waals surface area contributed by atoms with Gasteiger partial charge in [0.05, 0.1) is 18.9 Å². The van der Waals surface area contributed by atoms with Crippen LogP contribution in [-0.2, 0) is 16.1 Å². The summed E-state index contributed by atoms with van der Waals surface area (Å²) in [6.45, 7) is 2.75. The lowest BCUT2D eigenvalue weighted by Gasteiger charge is -2.28. The van der Waals surface area contributed by atoms with Crippen molar-refractivity contribution < 1.29 is 32.2 Å². The number of anilines is 2. The minimum atomic E-state index is -4.82. The second-order valence-corrected chi connectivity index (χ2v) is 7.03. The summed E-state index contributed by atoms with van der Waals surface area (Å²) in [7, 11) is 0. The Morgan fingerprint density at radius 1 is 1.06 bits per heavy atom. The molecule has 0 atom stereocenters. The minimum Gasteiger partial charge on any atom is -0.406 e. The molecule has 0 radical (unpaired) electrons. The first-order valence-electron chi connectivity index (χ1n) is 9.55. The van der Waals surface area contributed by atoms with Crippen molar-refractivity contribution >= 4 is 23.4 Å². The van der Waals surface area contributed by atoms with Gasteiger partial charge in [0.2, 0.25) is 0 Å². The number of nitrogens with zero attached hydrogens (tertiary/aromatic N) is 4. The van der Waals surface area contributed by atoms with Crippen LogP contribution < -0.4 is 14.5 Å². The molecule has 3 amide bonds. The summed E-state index contributed by atoms with van der Waals surface area (Å²) >= 11 is 0. The van der Waals surface area contributed by atoms with Crippen LogP contribution in [0, 0.1) is 0 Å². The van der Waals surface area contributed by atoms with Gasteiger partial charge < -0.3 is 19.3 Å². The Bertz CT molecular complexity index is 962. The molecule has 2 aromatic rings. The second kappa shape index (κ2) is 8.42. The molecular weight excluding hydrogens is 417 g/mol. The van der Waals surface area contributed by atoms with Crippen LogP contribution in [0.3, 0.4) is 0 Å². The highest BCUT2D eigenvalue weighted by atomic mass is 19.4. The Morgan fingerprint density at radius 2 is 1.77 bits per heavy atom. The molecular formula is C20H19F3N4O4. The van der Waals surface area contributed by atoms with Crippen LogP contribution in [0.5, 0.6) is 5.75 Å². The Hall–Kier alpha value is -3.34. The summed E-state index contributed by atoms with van der Waals surface area (Å²) in [5, 5.41) is 0. The van der Waals surface area contributed by atoms with Gasteiger partial charge in [-0.05, 0) is 42.0 Å². The summed E-state index contributed by atoms with van der Waals surface area (Å²) in [4.78, 5) is 34.0. The smallest absolute Gasteiger partial charge is 0.406 e. The zero-order chi connectivity index (χ0) is 22.0. The van der Waals surface area contributed by atoms with Crippen LogP contribution in [0.1, 0.15) is 5.56 Å². The van der Waals surface area contributed by atoms with Gasteiger partial charge in [-0.15, -0.1) is 13.2 Å². The lowest BCUT2D eigenvalue weighted by Crippen LogP contribution is -2.37. The molecule has 0 aliphatic carbocycles. The number of benzene rings is 1. The summed E-state index contributed by atoms with van der Waals surface area (Å²) < 4.78 is 46.1. The number of halogens is 3. The molecule has 2 aliphatic rings.